The fraction of sp³-hybridized carbons (Fsp3) is 0.250. The first-order valence-electron chi connectivity index (χ1n) is 6.27. The Kier molecular flexibility index (Phi) is 3.48. The lowest BCUT2D eigenvalue weighted by molar-refractivity contribution is 0.0954. The molecule has 3 aromatic rings. The third-order valence-electron chi connectivity index (χ3n) is 2.97. The van der Waals surface area contributed by atoms with E-state index in [1.54, 1.807) is 23.1 Å². The number of hydrogen-bond acceptors (Lipinski definition) is 7. The van der Waals surface area contributed by atoms with Gasteiger partial charge in [0.15, 0.2) is 0 Å². The molecule has 21 heavy (non-hydrogen) atoms. The number of rotatable bonds is 4. The highest BCUT2D eigenvalue weighted by atomic mass is 32.1. The zero-order chi connectivity index (χ0) is 14.8. The molecule has 8 nitrogen and oxygen atoms in total. The SMILES string of the molecule is Cn1ncc2ncc(C(=O)NCCc3nnc(N)s3)cc21. The third-order valence-corrected chi connectivity index (χ3v) is 3.78. The minimum absolute atomic E-state index is 0.178. The van der Waals surface area contributed by atoms with Crippen molar-refractivity contribution in [2.24, 2.45) is 7.05 Å². The first kappa shape index (κ1) is 13.4. The Morgan fingerprint density at radius 3 is 3.05 bits per heavy atom. The molecule has 0 fully saturated rings. The fourth-order valence-corrected chi connectivity index (χ4v) is 2.51. The summed E-state index contributed by atoms with van der Waals surface area (Å²) >= 11 is 1.32. The number of nitrogens with zero attached hydrogens (tertiary/aromatic N) is 5. The zero-order valence-electron chi connectivity index (χ0n) is 11.3. The smallest absolute Gasteiger partial charge is 0.252 e. The van der Waals surface area contributed by atoms with E-state index in [1.807, 2.05) is 7.05 Å². The standard InChI is InChI=1S/C12H13N7OS/c1-19-9-4-7(5-15-8(9)6-16-19)11(20)14-3-2-10-17-18-12(13)21-10/h4-6H,2-3H2,1H3,(H2,13,18)(H,14,20). The van der Waals surface area contributed by atoms with Crippen LogP contribution in [0.5, 0.6) is 0 Å². The maximum Gasteiger partial charge on any atom is 0.252 e. The number of fused-ring (bicyclic) bond motifs is 1. The minimum atomic E-state index is -0.178. The average Bonchev–Trinajstić information content (AvgIpc) is 3.05. The highest BCUT2D eigenvalue weighted by Gasteiger charge is 2.09. The van der Waals surface area contributed by atoms with Crippen LogP contribution >= 0.6 is 11.3 Å². The summed E-state index contributed by atoms with van der Waals surface area (Å²) in [5.74, 6) is -0.178. The molecule has 0 aromatic carbocycles. The number of pyridine rings is 1. The van der Waals surface area contributed by atoms with Crippen LogP contribution in [0.3, 0.4) is 0 Å². The van der Waals surface area contributed by atoms with Gasteiger partial charge in [-0.25, -0.2) is 0 Å². The van der Waals surface area contributed by atoms with Gasteiger partial charge in [0.05, 0.1) is 17.3 Å². The van der Waals surface area contributed by atoms with Gasteiger partial charge >= 0.3 is 0 Å². The van der Waals surface area contributed by atoms with E-state index in [-0.39, 0.29) is 5.91 Å². The van der Waals surface area contributed by atoms with Gasteiger partial charge in [-0.1, -0.05) is 11.3 Å². The van der Waals surface area contributed by atoms with Crippen LogP contribution in [0.1, 0.15) is 15.4 Å². The molecule has 1 amide bonds. The quantitative estimate of drug-likeness (QED) is 0.720. The second kappa shape index (κ2) is 5.44. The van der Waals surface area contributed by atoms with Crippen LogP contribution < -0.4 is 11.1 Å². The number of aryl methyl sites for hydroxylation is 1. The summed E-state index contributed by atoms with van der Waals surface area (Å²) in [7, 11) is 1.81. The molecule has 0 saturated carbocycles. The summed E-state index contributed by atoms with van der Waals surface area (Å²) < 4.78 is 1.68. The summed E-state index contributed by atoms with van der Waals surface area (Å²) in [5, 5.41) is 15.8. The van der Waals surface area contributed by atoms with E-state index in [0.717, 1.165) is 16.0 Å². The topological polar surface area (TPSA) is 112 Å². The van der Waals surface area contributed by atoms with E-state index < -0.39 is 0 Å². The van der Waals surface area contributed by atoms with Crippen LogP contribution in [0, 0.1) is 0 Å². The number of anilines is 1. The Balaban J connectivity index is 1.64. The van der Waals surface area contributed by atoms with Gasteiger partial charge in [-0.2, -0.15) is 5.10 Å². The van der Waals surface area contributed by atoms with E-state index in [4.69, 9.17) is 5.73 Å². The maximum atomic E-state index is 12.1. The molecule has 0 aliphatic carbocycles. The summed E-state index contributed by atoms with van der Waals surface area (Å²) in [6.07, 6.45) is 3.81. The molecule has 3 N–H and O–H groups in total. The monoisotopic (exact) mass is 303 g/mol. The number of hydrogen-bond donors (Lipinski definition) is 2. The van der Waals surface area contributed by atoms with Gasteiger partial charge in [0.25, 0.3) is 5.91 Å². The van der Waals surface area contributed by atoms with E-state index in [0.29, 0.717) is 23.7 Å². The summed E-state index contributed by atoms with van der Waals surface area (Å²) in [5.41, 5.74) is 7.58. The number of nitrogens with two attached hydrogens (primary N) is 1. The van der Waals surface area contributed by atoms with Crippen molar-refractivity contribution < 1.29 is 4.79 Å². The third kappa shape index (κ3) is 2.82. The molecule has 0 aliphatic rings. The Morgan fingerprint density at radius 2 is 2.29 bits per heavy atom. The van der Waals surface area contributed by atoms with E-state index in [1.165, 1.54) is 11.3 Å². The second-order valence-corrected chi connectivity index (χ2v) is 5.53. The van der Waals surface area contributed by atoms with Crippen molar-refractivity contribution in [3.8, 4) is 0 Å². The van der Waals surface area contributed by atoms with Crippen LogP contribution in [0.25, 0.3) is 11.0 Å². The van der Waals surface area contributed by atoms with Crippen LogP contribution in [0.4, 0.5) is 5.13 Å². The molecule has 3 heterocycles. The number of aromatic nitrogens is 5. The largest absolute Gasteiger partial charge is 0.374 e. The minimum Gasteiger partial charge on any atom is -0.374 e. The summed E-state index contributed by atoms with van der Waals surface area (Å²) in [6, 6.07) is 1.77. The van der Waals surface area contributed by atoms with Crippen molar-refractivity contribution in [1.82, 2.24) is 30.3 Å². The van der Waals surface area contributed by atoms with Gasteiger partial charge in [0.1, 0.15) is 10.5 Å². The Morgan fingerprint density at radius 1 is 1.43 bits per heavy atom. The van der Waals surface area contributed by atoms with Crippen molar-refractivity contribution in [1.29, 1.82) is 0 Å². The number of amides is 1. The molecular weight excluding hydrogens is 290 g/mol. The molecule has 0 spiro atoms. The van der Waals surface area contributed by atoms with Crippen molar-refractivity contribution >= 4 is 33.4 Å². The lowest BCUT2D eigenvalue weighted by Gasteiger charge is -2.04. The molecule has 0 saturated heterocycles. The number of nitrogens with one attached hydrogen (secondary N) is 1. The van der Waals surface area contributed by atoms with Crippen molar-refractivity contribution in [3.05, 3.63) is 29.0 Å². The van der Waals surface area contributed by atoms with Crippen LogP contribution in [-0.4, -0.2) is 37.4 Å². The Bertz CT molecular complexity index is 794. The summed E-state index contributed by atoms with van der Waals surface area (Å²) in [4.78, 5) is 16.3. The van der Waals surface area contributed by atoms with E-state index in [9.17, 15) is 4.79 Å². The normalized spacial score (nSPS) is 10.9. The van der Waals surface area contributed by atoms with Crippen molar-refractivity contribution in [3.63, 3.8) is 0 Å². The van der Waals surface area contributed by atoms with Crippen molar-refractivity contribution in [2.45, 2.75) is 6.42 Å². The zero-order valence-corrected chi connectivity index (χ0v) is 12.1. The molecule has 3 aromatic heterocycles. The number of carbonyl (C=O) groups excluding carboxylic acids is 1. The summed E-state index contributed by atoms with van der Waals surface area (Å²) in [6.45, 7) is 0.469. The van der Waals surface area contributed by atoms with Gasteiger partial charge in [0, 0.05) is 26.2 Å². The van der Waals surface area contributed by atoms with E-state index >= 15 is 0 Å². The van der Waals surface area contributed by atoms with Gasteiger partial charge in [-0.3, -0.25) is 14.5 Å². The number of carbonyl (C=O) groups is 1. The first-order chi connectivity index (χ1) is 10.1. The maximum absolute atomic E-state index is 12.1. The fourth-order valence-electron chi connectivity index (χ4n) is 1.90. The van der Waals surface area contributed by atoms with Crippen LogP contribution in [-0.2, 0) is 13.5 Å². The van der Waals surface area contributed by atoms with Gasteiger partial charge in [0.2, 0.25) is 5.13 Å². The van der Waals surface area contributed by atoms with Gasteiger partial charge in [-0.05, 0) is 6.07 Å². The molecule has 108 valence electrons. The van der Waals surface area contributed by atoms with E-state index in [2.05, 4.69) is 25.6 Å². The predicted molar refractivity (Wildman–Crippen MR) is 78.9 cm³/mol. The van der Waals surface area contributed by atoms with Gasteiger partial charge in [-0.15, -0.1) is 10.2 Å². The molecule has 0 unspecified atom stereocenters. The van der Waals surface area contributed by atoms with Crippen molar-refractivity contribution in [2.75, 3.05) is 12.3 Å². The Hall–Kier alpha value is -2.55. The first-order valence-corrected chi connectivity index (χ1v) is 7.09. The van der Waals surface area contributed by atoms with Gasteiger partial charge < -0.3 is 11.1 Å². The highest BCUT2D eigenvalue weighted by Crippen LogP contribution is 2.12. The van der Waals surface area contributed by atoms with Crippen LogP contribution in [0.2, 0.25) is 0 Å². The van der Waals surface area contributed by atoms with Crippen LogP contribution in [0.15, 0.2) is 18.5 Å². The molecule has 9 heteroatoms. The second-order valence-electron chi connectivity index (χ2n) is 4.44. The number of nitrogen functional groups attached to an aromatic ring is 1. The highest BCUT2D eigenvalue weighted by molar-refractivity contribution is 7.15. The lowest BCUT2D eigenvalue weighted by Crippen LogP contribution is -2.25. The molecule has 0 bridgehead atoms. The Labute approximate surface area is 124 Å². The molecular formula is C12H13N7OS. The molecule has 0 atom stereocenters. The lowest BCUT2D eigenvalue weighted by atomic mass is 10.2. The molecule has 0 aliphatic heterocycles. The molecule has 0 radical (unpaired) electrons. The predicted octanol–water partition coefficient (Wildman–Crippen LogP) is 0.374. The molecule has 3 rings (SSSR count). The average molecular weight is 303 g/mol.